The van der Waals surface area contributed by atoms with E-state index in [0.29, 0.717) is 5.95 Å². The number of aromatic nitrogens is 3. The summed E-state index contributed by atoms with van der Waals surface area (Å²) < 4.78 is 2.28. The van der Waals surface area contributed by atoms with E-state index in [0.717, 1.165) is 33.2 Å². The zero-order valence-electron chi connectivity index (χ0n) is 26.0. The van der Waals surface area contributed by atoms with Gasteiger partial charge in [-0.2, -0.15) is 0 Å². The molecule has 6 aromatic carbocycles. The smallest absolute Gasteiger partial charge is 0.235 e. The first-order valence-electron chi connectivity index (χ1n) is 15.8. The predicted octanol–water partition coefficient (Wildman–Crippen LogP) is 10.8. The van der Waals surface area contributed by atoms with Crippen LogP contribution in [-0.4, -0.2) is 14.5 Å². The Morgan fingerprint density at radius 2 is 1.18 bits per heavy atom. The lowest BCUT2D eigenvalue weighted by atomic mass is 9.55. The van der Waals surface area contributed by atoms with Crippen molar-refractivity contribution in [1.29, 1.82) is 0 Å². The summed E-state index contributed by atoms with van der Waals surface area (Å²) in [6, 6.07) is 45.9. The van der Waals surface area contributed by atoms with Gasteiger partial charge < -0.3 is 0 Å². The Hall–Kier alpha value is -5.28. The Kier molecular flexibility index (Phi) is 5.30. The van der Waals surface area contributed by atoms with Crippen molar-refractivity contribution in [3.63, 3.8) is 0 Å². The van der Waals surface area contributed by atoms with Gasteiger partial charge in [0.05, 0.1) is 22.2 Å². The van der Waals surface area contributed by atoms with E-state index in [4.69, 9.17) is 9.97 Å². The topological polar surface area (TPSA) is 30.7 Å². The molecule has 0 saturated heterocycles. The van der Waals surface area contributed by atoms with Crippen molar-refractivity contribution in [3.8, 4) is 28.3 Å². The highest BCUT2D eigenvalue weighted by molar-refractivity contribution is 6.13. The van der Waals surface area contributed by atoms with Gasteiger partial charge in [-0.3, -0.25) is 4.57 Å². The van der Waals surface area contributed by atoms with Crippen LogP contribution in [0.3, 0.4) is 0 Å². The average Bonchev–Trinajstić information content (AvgIpc) is 3.40. The van der Waals surface area contributed by atoms with E-state index in [1.807, 2.05) is 0 Å². The monoisotopic (exact) mass is 579 g/mol. The van der Waals surface area contributed by atoms with Crippen LogP contribution in [0.1, 0.15) is 38.8 Å². The van der Waals surface area contributed by atoms with Crippen LogP contribution in [0.2, 0.25) is 0 Å². The maximum Gasteiger partial charge on any atom is 0.235 e. The van der Waals surface area contributed by atoms with Gasteiger partial charge in [-0.1, -0.05) is 131 Å². The van der Waals surface area contributed by atoms with Crippen molar-refractivity contribution in [3.05, 3.63) is 139 Å². The SMILES string of the molecule is CC1(C)c2cc3c(cc2-c2c(ccc4ccccc24)C1(C)C)c1ccccc1n3-c1nc(-c2ccccc2)c2ccccc2n1. The summed E-state index contributed by atoms with van der Waals surface area (Å²) in [7, 11) is 0. The molecule has 0 amide bonds. The van der Waals surface area contributed by atoms with Crippen LogP contribution < -0.4 is 0 Å². The molecule has 0 spiro atoms. The average molecular weight is 580 g/mol. The second-order valence-electron chi connectivity index (χ2n) is 13.5. The molecule has 0 unspecified atom stereocenters. The summed E-state index contributed by atoms with van der Waals surface area (Å²) in [5.74, 6) is 0.692. The summed E-state index contributed by atoms with van der Waals surface area (Å²) in [4.78, 5) is 10.5. The Labute approximate surface area is 262 Å². The lowest BCUT2D eigenvalue weighted by molar-refractivity contribution is 0.299. The fourth-order valence-corrected chi connectivity index (χ4v) is 7.69. The van der Waals surface area contributed by atoms with E-state index < -0.39 is 0 Å². The summed E-state index contributed by atoms with van der Waals surface area (Å²) in [6.45, 7) is 9.62. The molecule has 0 bridgehead atoms. The van der Waals surface area contributed by atoms with Gasteiger partial charge in [0.25, 0.3) is 0 Å². The molecule has 216 valence electrons. The van der Waals surface area contributed by atoms with Crippen LogP contribution >= 0.6 is 0 Å². The number of para-hydroxylation sites is 2. The molecule has 2 heterocycles. The molecule has 8 aromatic rings. The molecular formula is C42H33N3. The van der Waals surface area contributed by atoms with Gasteiger partial charge in [0, 0.05) is 21.7 Å². The van der Waals surface area contributed by atoms with E-state index in [9.17, 15) is 0 Å². The van der Waals surface area contributed by atoms with Gasteiger partial charge in [0.15, 0.2) is 0 Å². The predicted molar refractivity (Wildman–Crippen MR) is 188 cm³/mol. The fourth-order valence-electron chi connectivity index (χ4n) is 7.69. The zero-order valence-corrected chi connectivity index (χ0v) is 26.0. The molecule has 0 saturated carbocycles. The van der Waals surface area contributed by atoms with E-state index >= 15 is 0 Å². The lowest BCUT2D eigenvalue weighted by Crippen LogP contribution is -2.43. The number of nitrogens with zero attached hydrogens (tertiary/aromatic N) is 3. The largest absolute Gasteiger partial charge is 0.278 e. The van der Waals surface area contributed by atoms with E-state index in [1.165, 1.54) is 43.8 Å². The maximum atomic E-state index is 5.32. The molecule has 2 aromatic heterocycles. The quantitative estimate of drug-likeness (QED) is 0.204. The zero-order chi connectivity index (χ0) is 30.5. The minimum absolute atomic E-state index is 0.0934. The third-order valence-corrected chi connectivity index (χ3v) is 10.8. The molecule has 0 fully saturated rings. The van der Waals surface area contributed by atoms with Gasteiger partial charge >= 0.3 is 0 Å². The molecule has 1 aliphatic rings. The van der Waals surface area contributed by atoms with Crippen molar-refractivity contribution >= 4 is 43.5 Å². The molecular weight excluding hydrogens is 546 g/mol. The van der Waals surface area contributed by atoms with Crippen molar-refractivity contribution in [2.45, 2.75) is 38.5 Å². The standard InChI is InChI=1S/C42H33N3/c1-41(2)33-23-22-26-14-8-9-17-28(26)38(33)32-24-31-29-18-11-13-21-36(29)45(37(31)25-34(32)42(41,3)4)40-43-35-20-12-10-19-30(35)39(44-40)27-15-6-5-7-16-27/h5-25H,1-4H3. The molecule has 9 rings (SSSR count). The molecule has 1 aliphatic carbocycles. The second-order valence-corrected chi connectivity index (χ2v) is 13.5. The molecule has 3 nitrogen and oxygen atoms in total. The van der Waals surface area contributed by atoms with Crippen LogP contribution in [0.15, 0.2) is 127 Å². The highest BCUT2D eigenvalue weighted by Crippen LogP contribution is 2.56. The number of hydrogen-bond acceptors (Lipinski definition) is 2. The van der Waals surface area contributed by atoms with Gasteiger partial charge in [-0.05, 0) is 68.1 Å². The second kappa shape index (κ2) is 9.12. The first-order valence-corrected chi connectivity index (χ1v) is 15.8. The molecule has 0 atom stereocenters. The molecule has 3 heteroatoms. The van der Waals surface area contributed by atoms with E-state index in [1.54, 1.807) is 0 Å². The maximum absolute atomic E-state index is 5.32. The Balaban J connectivity index is 1.42. The van der Waals surface area contributed by atoms with Crippen molar-refractivity contribution in [2.75, 3.05) is 0 Å². The van der Waals surface area contributed by atoms with Crippen LogP contribution in [-0.2, 0) is 10.8 Å². The Morgan fingerprint density at radius 1 is 0.511 bits per heavy atom. The van der Waals surface area contributed by atoms with E-state index in [-0.39, 0.29) is 10.8 Å². The summed E-state index contributed by atoms with van der Waals surface area (Å²) >= 11 is 0. The Morgan fingerprint density at radius 3 is 2.00 bits per heavy atom. The van der Waals surface area contributed by atoms with Crippen LogP contribution in [0.25, 0.3) is 71.8 Å². The van der Waals surface area contributed by atoms with E-state index in [2.05, 4.69) is 160 Å². The minimum Gasteiger partial charge on any atom is -0.278 e. The fraction of sp³-hybridized carbons (Fsp3) is 0.143. The van der Waals surface area contributed by atoms with Crippen LogP contribution in [0.4, 0.5) is 0 Å². The highest BCUT2D eigenvalue weighted by atomic mass is 15.2. The third-order valence-electron chi connectivity index (χ3n) is 10.8. The summed E-state index contributed by atoms with van der Waals surface area (Å²) in [5.41, 5.74) is 10.4. The van der Waals surface area contributed by atoms with Gasteiger partial charge in [-0.25, -0.2) is 9.97 Å². The van der Waals surface area contributed by atoms with Gasteiger partial charge in [0.1, 0.15) is 0 Å². The Bertz CT molecular complexity index is 2480. The molecule has 0 aliphatic heterocycles. The number of rotatable bonds is 2. The summed E-state index contributed by atoms with van der Waals surface area (Å²) in [6.07, 6.45) is 0. The minimum atomic E-state index is -0.132. The van der Waals surface area contributed by atoms with Gasteiger partial charge in [0.2, 0.25) is 5.95 Å². The molecule has 0 N–H and O–H groups in total. The van der Waals surface area contributed by atoms with Crippen LogP contribution in [0.5, 0.6) is 0 Å². The summed E-state index contributed by atoms with van der Waals surface area (Å²) in [5, 5.41) is 6.07. The molecule has 0 radical (unpaired) electrons. The number of benzene rings is 6. The van der Waals surface area contributed by atoms with Gasteiger partial charge in [-0.15, -0.1) is 0 Å². The van der Waals surface area contributed by atoms with Crippen molar-refractivity contribution in [1.82, 2.24) is 14.5 Å². The first kappa shape index (κ1) is 26.2. The molecule has 45 heavy (non-hydrogen) atoms. The number of fused-ring (bicyclic) bond motifs is 9. The third kappa shape index (κ3) is 3.52. The lowest BCUT2D eigenvalue weighted by Gasteiger charge is -2.48. The first-order chi connectivity index (χ1) is 21.8. The van der Waals surface area contributed by atoms with Crippen LogP contribution in [0, 0.1) is 0 Å². The normalized spacial score (nSPS) is 15.0. The van der Waals surface area contributed by atoms with Crippen molar-refractivity contribution < 1.29 is 0 Å². The van der Waals surface area contributed by atoms with Crippen molar-refractivity contribution in [2.24, 2.45) is 0 Å². The highest BCUT2D eigenvalue weighted by Gasteiger charge is 2.46. The number of hydrogen-bond donors (Lipinski definition) is 0.